The van der Waals surface area contributed by atoms with Crippen LogP contribution in [0.5, 0.6) is 17.2 Å². The average Bonchev–Trinajstić information content (AvgIpc) is 3.20. The predicted octanol–water partition coefficient (Wildman–Crippen LogP) is 3.13. The maximum Gasteiger partial charge on any atom is 0.254 e. The van der Waals surface area contributed by atoms with Crippen LogP contribution >= 0.6 is 0 Å². The van der Waals surface area contributed by atoms with Crippen LogP contribution in [0.1, 0.15) is 56.3 Å². The molecule has 2 heterocycles. The van der Waals surface area contributed by atoms with E-state index in [0.717, 1.165) is 13.0 Å². The Morgan fingerprint density at radius 1 is 1.30 bits per heavy atom. The number of rotatable bonds is 7. The van der Waals surface area contributed by atoms with Gasteiger partial charge >= 0.3 is 0 Å². The fourth-order valence-corrected chi connectivity index (χ4v) is 4.71. The molecule has 1 saturated heterocycles. The van der Waals surface area contributed by atoms with Gasteiger partial charge in [0.15, 0.2) is 11.5 Å². The molecule has 4 rings (SSSR count). The van der Waals surface area contributed by atoms with E-state index in [1.165, 1.54) is 25.7 Å². The molecule has 1 aromatic rings. The maximum absolute atomic E-state index is 13.5. The number of carbonyl (C=O) groups is 1. The Morgan fingerprint density at radius 3 is 2.70 bits per heavy atom. The van der Waals surface area contributed by atoms with Gasteiger partial charge in [0.05, 0.1) is 13.7 Å². The third kappa shape index (κ3) is 4.08. The Balaban J connectivity index is 1.57. The van der Waals surface area contributed by atoms with Gasteiger partial charge in [-0.1, -0.05) is 13.0 Å². The van der Waals surface area contributed by atoms with Crippen molar-refractivity contribution in [2.45, 2.75) is 63.8 Å². The highest BCUT2D eigenvalue weighted by atomic mass is 16.7. The number of ether oxygens (including phenoxy) is 3. The van der Waals surface area contributed by atoms with Gasteiger partial charge in [-0.3, -0.25) is 9.69 Å². The zero-order chi connectivity index (χ0) is 21.5. The number of likely N-dealkylation sites (tertiary alicyclic amines) is 1. The van der Waals surface area contributed by atoms with Crippen molar-refractivity contribution < 1.29 is 19.0 Å². The van der Waals surface area contributed by atoms with E-state index in [1.807, 2.05) is 18.7 Å². The van der Waals surface area contributed by atoms with Crippen LogP contribution in [0.2, 0.25) is 0 Å². The van der Waals surface area contributed by atoms with E-state index in [0.29, 0.717) is 53.7 Å². The summed E-state index contributed by atoms with van der Waals surface area (Å²) in [4.78, 5) is 17.9. The van der Waals surface area contributed by atoms with Crippen molar-refractivity contribution in [3.63, 3.8) is 0 Å². The van der Waals surface area contributed by atoms with Crippen LogP contribution in [0, 0.1) is 0 Å². The molecule has 7 heteroatoms. The number of amides is 1. The molecule has 2 fully saturated rings. The van der Waals surface area contributed by atoms with E-state index < -0.39 is 5.79 Å². The van der Waals surface area contributed by atoms with Gasteiger partial charge in [-0.2, -0.15) is 0 Å². The minimum Gasteiger partial charge on any atom is -0.493 e. The summed E-state index contributed by atoms with van der Waals surface area (Å²) in [5.41, 5.74) is 6.90. The molecule has 1 amide bonds. The Labute approximate surface area is 178 Å². The molecule has 1 aromatic carbocycles. The highest BCUT2D eigenvalue weighted by Gasteiger charge is 2.37. The number of carbonyl (C=O) groups excluding carboxylic acids is 1. The molecule has 0 aromatic heterocycles. The fraction of sp³-hybridized carbons (Fsp3) is 0.609. The summed E-state index contributed by atoms with van der Waals surface area (Å²) in [6.45, 7) is 9.59. The maximum atomic E-state index is 13.5. The summed E-state index contributed by atoms with van der Waals surface area (Å²) in [6, 6.07) is 4.49. The first-order valence-corrected chi connectivity index (χ1v) is 10.9. The highest BCUT2D eigenvalue weighted by Crippen LogP contribution is 2.46. The van der Waals surface area contributed by atoms with Crippen molar-refractivity contribution in [3.05, 3.63) is 30.0 Å². The highest BCUT2D eigenvalue weighted by molar-refractivity contribution is 5.96. The fourth-order valence-electron chi connectivity index (χ4n) is 4.71. The molecular weight excluding hydrogens is 382 g/mol. The first-order chi connectivity index (χ1) is 14.3. The summed E-state index contributed by atoms with van der Waals surface area (Å²) >= 11 is 0. The number of nitrogens with two attached hydrogens (primary N) is 1. The molecule has 0 unspecified atom stereocenters. The summed E-state index contributed by atoms with van der Waals surface area (Å²) in [6.07, 6.45) is 6.13. The van der Waals surface area contributed by atoms with Crippen molar-refractivity contribution in [1.29, 1.82) is 0 Å². The first-order valence-electron chi connectivity index (χ1n) is 10.9. The van der Waals surface area contributed by atoms with Gasteiger partial charge in [0.2, 0.25) is 11.5 Å². The molecule has 2 N–H and O–H groups in total. The van der Waals surface area contributed by atoms with Gasteiger partial charge in [-0.15, -0.1) is 0 Å². The van der Waals surface area contributed by atoms with Crippen LogP contribution in [-0.2, 0) is 0 Å². The zero-order valence-electron chi connectivity index (χ0n) is 18.3. The van der Waals surface area contributed by atoms with Gasteiger partial charge in [0.1, 0.15) is 0 Å². The molecule has 0 radical (unpaired) electrons. The minimum atomic E-state index is -0.796. The summed E-state index contributed by atoms with van der Waals surface area (Å²) < 4.78 is 17.2. The second kappa shape index (κ2) is 8.02. The lowest BCUT2D eigenvalue weighted by Gasteiger charge is -2.40. The predicted molar refractivity (Wildman–Crippen MR) is 115 cm³/mol. The van der Waals surface area contributed by atoms with Gasteiger partial charge < -0.3 is 24.8 Å². The van der Waals surface area contributed by atoms with E-state index in [9.17, 15) is 4.79 Å². The summed E-state index contributed by atoms with van der Waals surface area (Å²) in [5, 5.41) is 0. The molecule has 1 aliphatic carbocycles. The van der Waals surface area contributed by atoms with Crippen molar-refractivity contribution in [2.75, 3.05) is 26.7 Å². The lowest BCUT2D eigenvalue weighted by Crippen LogP contribution is -2.49. The Morgan fingerprint density at radius 2 is 2.07 bits per heavy atom. The zero-order valence-corrected chi connectivity index (χ0v) is 18.3. The van der Waals surface area contributed by atoms with Gasteiger partial charge in [0, 0.05) is 43.7 Å². The minimum absolute atomic E-state index is 0.100. The van der Waals surface area contributed by atoms with Crippen molar-refractivity contribution in [1.82, 2.24) is 9.80 Å². The topological polar surface area (TPSA) is 77.3 Å². The smallest absolute Gasteiger partial charge is 0.254 e. The van der Waals surface area contributed by atoms with Crippen molar-refractivity contribution in [2.24, 2.45) is 5.73 Å². The Bertz CT molecular complexity index is 834. The van der Waals surface area contributed by atoms with Crippen LogP contribution in [0.3, 0.4) is 0 Å². The number of hydrogen-bond acceptors (Lipinski definition) is 6. The lowest BCUT2D eigenvalue weighted by atomic mass is 9.91. The van der Waals surface area contributed by atoms with Gasteiger partial charge in [0.25, 0.3) is 5.91 Å². The summed E-state index contributed by atoms with van der Waals surface area (Å²) in [5.74, 6) is 0.642. The molecule has 7 nitrogen and oxygen atoms in total. The van der Waals surface area contributed by atoms with Crippen LogP contribution < -0.4 is 19.9 Å². The standard InChI is InChI=1S/C23H33N3O4/c1-15(24)13-25(14-18-9-6-10-26(18)17-7-5-8-17)22(27)16-11-19(28-4)21-20(12-16)29-23(2,3)30-21/h11-12,17-18H,1,5-10,13-14,24H2,2-4H3/t18-/m0/s1. The van der Waals surface area contributed by atoms with Gasteiger partial charge in [-0.25, -0.2) is 0 Å². The number of hydrogen-bond donors (Lipinski definition) is 1. The third-order valence-corrected chi connectivity index (χ3v) is 6.27. The average molecular weight is 416 g/mol. The Kier molecular flexibility index (Phi) is 5.57. The van der Waals surface area contributed by atoms with Crippen molar-refractivity contribution in [3.8, 4) is 17.2 Å². The number of methoxy groups -OCH3 is 1. The normalized spacial score (nSPS) is 22.6. The molecule has 30 heavy (non-hydrogen) atoms. The number of nitrogens with zero attached hydrogens (tertiary/aromatic N) is 2. The monoisotopic (exact) mass is 415 g/mol. The summed E-state index contributed by atoms with van der Waals surface area (Å²) in [7, 11) is 1.56. The molecule has 0 bridgehead atoms. The van der Waals surface area contributed by atoms with Crippen LogP contribution in [0.4, 0.5) is 0 Å². The van der Waals surface area contributed by atoms with E-state index >= 15 is 0 Å². The lowest BCUT2D eigenvalue weighted by molar-refractivity contribution is -0.0439. The molecule has 1 atom stereocenters. The van der Waals surface area contributed by atoms with E-state index in [2.05, 4.69) is 11.5 Å². The van der Waals surface area contributed by atoms with Gasteiger partial charge in [-0.05, 0) is 44.4 Å². The largest absolute Gasteiger partial charge is 0.493 e. The number of benzene rings is 1. The number of fused-ring (bicyclic) bond motifs is 1. The second-order valence-corrected chi connectivity index (χ2v) is 9.07. The van der Waals surface area contributed by atoms with Crippen LogP contribution in [-0.4, -0.2) is 60.3 Å². The Hall–Kier alpha value is -2.41. The van der Waals surface area contributed by atoms with Crippen molar-refractivity contribution >= 4 is 5.91 Å². The van der Waals surface area contributed by atoms with Crippen LogP contribution in [0.25, 0.3) is 0 Å². The molecule has 1 saturated carbocycles. The molecule has 164 valence electrons. The van der Waals surface area contributed by atoms with Crippen LogP contribution in [0.15, 0.2) is 24.4 Å². The molecule has 2 aliphatic heterocycles. The molecular formula is C23H33N3O4. The molecule has 0 spiro atoms. The quantitative estimate of drug-likeness (QED) is 0.737. The second-order valence-electron chi connectivity index (χ2n) is 9.07. The third-order valence-electron chi connectivity index (χ3n) is 6.27. The van der Waals surface area contributed by atoms with E-state index in [1.54, 1.807) is 19.2 Å². The van der Waals surface area contributed by atoms with E-state index in [-0.39, 0.29) is 5.91 Å². The SMILES string of the molecule is C=C(N)CN(C[C@@H]1CCCN1C1CCC1)C(=O)c1cc(OC)c2c(c1)OC(C)(C)O2. The molecule has 3 aliphatic rings. The van der Waals surface area contributed by atoms with E-state index in [4.69, 9.17) is 19.9 Å². The first kappa shape index (κ1) is 20.8.